The van der Waals surface area contributed by atoms with E-state index in [0.29, 0.717) is 11.1 Å². The smallest absolute Gasteiger partial charge is 0.333 e. The Bertz CT molecular complexity index is 294. The summed E-state index contributed by atoms with van der Waals surface area (Å²) in [6, 6.07) is 0. The Morgan fingerprint density at radius 1 is 1.27 bits per heavy atom. The van der Waals surface area contributed by atoms with Gasteiger partial charge in [0, 0.05) is 11.1 Å². The molecule has 0 fully saturated rings. The van der Waals surface area contributed by atoms with Crippen molar-refractivity contribution in [3.05, 3.63) is 24.3 Å². The van der Waals surface area contributed by atoms with Crippen molar-refractivity contribution in [1.82, 2.24) is 5.32 Å². The summed E-state index contributed by atoms with van der Waals surface area (Å²) in [5, 5.41) is 2.58. The minimum absolute atomic E-state index is 0.242. The van der Waals surface area contributed by atoms with Crippen molar-refractivity contribution in [2.75, 3.05) is 6.54 Å². The summed E-state index contributed by atoms with van der Waals surface area (Å²) in [4.78, 5) is 22.2. The van der Waals surface area contributed by atoms with Gasteiger partial charge in [0.1, 0.15) is 6.10 Å². The van der Waals surface area contributed by atoms with E-state index in [1.165, 1.54) is 0 Å². The molecule has 0 bridgehead atoms. The van der Waals surface area contributed by atoms with Gasteiger partial charge in [-0.15, -0.1) is 0 Å². The molecule has 15 heavy (non-hydrogen) atoms. The summed E-state index contributed by atoms with van der Waals surface area (Å²) >= 11 is 0. The lowest BCUT2D eigenvalue weighted by molar-refractivity contribution is -0.143. The van der Waals surface area contributed by atoms with Crippen molar-refractivity contribution in [3.63, 3.8) is 0 Å². The number of esters is 1. The first-order chi connectivity index (χ1) is 6.84. The number of ether oxygens (including phenoxy) is 1. The fraction of sp³-hybridized carbons (Fsp3) is 0.455. The van der Waals surface area contributed by atoms with Crippen molar-refractivity contribution in [3.8, 4) is 0 Å². The first-order valence-electron chi connectivity index (χ1n) is 4.64. The fourth-order valence-electron chi connectivity index (χ4n) is 0.712. The summed E-state index contributed by atoms with van der Waals surface area (Å²) < 4.78 is 4.96. The molecule has 0 aromatic heterocycles. The van der Waals surface area contributed by atoms with Crippen LogP contribution in [0.5, 0.6) is 0 Å². The molecule has 1 N–H and O–H groups in total. The highest BCUT2D eigenvalue weighted by Crippen LogP contribution is 1.97. The van der Waals surface area contributed by atoms with Gasteiger partial charge >= 0.3 is 5.97 Å². The summed E-state index contributed by atoms with van der Waals surface area (Å²) in [5.41, 5.74) is 0.765. The van der Waals surface area contributed by atoms with Crippen LogP contribution in [0.3, 0.4) is 0 Å². The molecule has 1 amide bonds. The predicted molar refractivity (Wildman–Crippen MR) is 58.2 cm³/mol. The number of carbonyl (C=O) groups is 2. The molecule has 0 aliphatic carbocycles. The minimum Gasteiger partial charge on any atom is -0.457 e. The van der Waals surface area contributed by atoms with Crippen LogP contribution >= 0.6 is 0 Å². The normalized spacial score (nSPS) is 11.4. The molecule has 1 unspecified atom stereocenters. The lowest BCUT2D eigenvalue weighted by Gasteiger charge is -2.13. The van der Waals surface area contributed by atoms with Crippen LogP contribution in [0, 0.1) is 0 Å². The summed E-state index contributed by atoms with van der Waals surface area (Å²) in [6.07, 6.45) is -0.377. The van der Waals surface area contributed by atoms with Crippen molar-refractivity contribution in [2.24, 2.45) is 0 Å². The second kappa shape index (κ2) is 6.01. The third kappa shape index (κ3) is 5.67. The maximum absolute atomic E-state index is 11.1. The predicted octanol–water partition coefficient (Wildman–Crippen LogP) is 1.19. The number of rotatable bonds is 5. The quantitative estimate of drug-likeness (QED) is 0.549. The first kappa shape index (κ1) is 13.4. The topological polar surface area (TPSA) is 55.4 Å². The average molecular weight is 211 g/mol. The van der Waals surface area contributed by atoms with Gasteiger partial charge in [0.2, 0.25) is 5.91 Å². The number of hydrogen-bond donors (Lipinski definition) is 1. The average Bonchev–Trinajstić information content (AvgIpc) is 2.13. The van der Waals surface area contributed by atoms with E-state index >= 15 is 0 Å². The van der Waals surface area contributed by atoms with E-state index in [9.17, 15) is 9.59 Å². The van der Waals surface area contributed by atoms with Crippen LogP contribution < -0.4 is 5.32 Å². The summed E-state index contributed by atoms with van der Waals surface area (Å²) in [7, 11) is 0. The van der Waals surface area contributed by atoms with E-state index in [0.717, 1.165) is 0 Å². The highest BCUT2D eigenvalue weighted by atomic mass is 16.5. The Hall–Kier alpha value is -1.58. The minimum atomic E-state index is -0.452. The van der Waals surface area contributed by atoms with Gasteiger partial charge in [-0.1, -0.05) is 13.2 Å². The van der Waals surface area contributed by atoms with E-state index in [-0.39, 0.29) is 18.6 Å². The largest absolute Gasteiger partial charge is 0.457 e. The van der Waals surface area contributed by atoms with Crippen molar-refractivity contribution in [1.29, 1.82) is 0 Å². The van der Waals surface area contributed by atoms with Gasteiger partial charge in [0.05, 0.1) is 6.54 Å². The summed E-state index contributed by atoms with van der Waals surface area (Å²) in [6.45, 7) is 12.1. The van der Waals surface area contributed by atoms with Crippen LogP contribution in [-0.4, -0.2) is 24.5 Å². The van der Waals surface area contributed by atoms with Crippen molar-refractivity contribution >= 4 is 11.9 Å². The standard InChI is InChI=1S/C11H17NO3/c1-7(2)10(13)12-6-9(5)15-11(14)8(3)4/h9H,1,3,6H2,2,4-5H3,(H,12,13). The Labute approximate surface area is 90.0 Å². The molecule has 0 aromatic carbocycles. The maximum Gasteiger partial charge on any atom is 0.333 e. The zero-order chi connectivity index (χ0) is 12.0. The lowest BCUT2D eigenvalue weighted by atomic mass is 10.3. The van der Waals surface area contributed by atoms with Crippen molar-refractivity contribution < 1.29 is 14.3 Å². The Balaban J connectivity index is 3.90. The van der Waals surface area contributed by atoms with E-state index in [1.54, 1.807) is 20.8 Å². The SMILES string of the molecule is C=C(C)C(=O)NCC(C)OC(=O)C(=C)C. The van der Waals surface area contributed by atoms with Crippen LogP contribution in [-0.2, 0) is 14.3 Å². The van der Waals surface area contributed by atoms with Gasteiger partial charge in [-0.2, -0.15) is 0 Å². The van der Waals surface area contributed by atoms with E-state index < -0.39 is 5.97 Å². The third-order valence-corrected chi connectivity index (χ3v) is 1.59. The van der Waals surface area contributed by atoms with Gasteiger partial charge in [-0.25, -0.2) is 4.79 Å². The van der Waals surface area contributed by atoms with Crippen LogP contribution in [0.15, 0.2) is 24.3 Å². The van der Waals surface area contributed by atoms with Crippen LogP contribution in [0.4, 0.5) is 0 Å². The Morgan fingerprint density at radius 3 is 2.20 bits per heavy atom. The molecule has 4 nitrogen and oxygen atoms in total. The first-order valence-corrected chi connectivity index (χ1v) is 4.64. The second-order valence-electron chi connectivity index (χ2n) is 3.49. The number of hydrogen-bond acceptors (Lipinski definition) is 3. The van der Waals surface area contributed by atoms with E-state index in [2.05, 4.69) is 18.5 Å². The molecule has 0 aliphatic rings. The molecule has 4 heteroatoms. The van der Waals surface area contributed by atoms with Gasteiger partial charge in [0.15, 0.2) is 0 Å². The highest BCUT2D eigenvalue weighted by molar-refractivity contribution is 5.92. The Morgan fingerprint density at radius 2 is 1.80 bits per heavy atom. The van der Waals surface area contributed by atoms with Crippen molar-refractivity contribution in [2.45, 2.75) is 26.9 Å². The zero-order valence-corrected chi connectivity index (χ0v) is 9.42. The number of carbonyl (C=O) groups excluding carboxylic acids is 2. The van der Waals surface area contributed by atoms with Gasteiger partial charge in [0.25, 0.3) is 0 Å². The molecular weight excluding hydrogens is 194 g/mol. The molecule has 1 atom stereocenters. The van der Waals surface area contributed by atoms with Gasteiger partial charge < -0.3 is 10.1 Å². The molecule has 0 saturated heterocycles. The van der Waals surface area contributed by atoms with Crippen LogP contribution in [0.1, 0.15) is 20.8 Å². The third-order valence-electron chi connectivity index (χ3n) is 1.59. The molecule has 0 aromatic rings. The fourth-order valence-corrected chi connectivity index (χ4v) is 0.712. The van der Waals surface area contributed by atoms with E-state index in [4.69, 9.17) is 4.74 Å². The molecule has 0 radical (unpaired) electrons. The molecule has 0 spiro atoms. The molecule has 0 rings (SSSR count). The zero-order valence-electron chi connectivity index (χ0n) is 9.42. The van der Waals surface area contributed by atoms with Gasteiger partial charge in [-0.3, -0.25) is 4.79 Å². The van der Waals surface area contributed by atoms with Crippen LogP contribution in [0.25, 0.3) is 0 Å². The molecule has 0 aliphatic heterocycles. The summed E-state index contributed by atoms with van der Waals surface area (Å²) in [5.74, 6) is -0.694. The molecule has 0 heterocycles. The molecular formula is C11H17NO3. The monoisotopic (exact) mass is 211 g/mol. The molecule has 84 valence electrons. The van der Waals surface area contributed by atoms with Crippen LogP contribution in [0.2, 0.25) is 0 Å². The second-order valence-corrected chi connectivity index (χ2v) is 3.49. The maximum atomic E-state index is 11.1. The number of amides is 1. The Kier molecular flexibility index (Phi) is 5.37. The highest BCUT2D eigenvalue weighted by Gasteiger charge is 2.11. The lowest BCUT2D eigenvalue weighted by Crippen LogP contribution is -2.33. The number of nitrogens with one attached hydrogen (secondary N) is 1. The van der Waals surface area contributed by atoms with Gasteiger partial charge in [-0.05, 0) is 20.8 Å². The molecule has 0 saturated carbocycles. The van der Waals surface area contributed by atoms with E-state index in [1.807, 2.05) is 0 Å².